The second kappa shape index (κ2) is 9.36. The molecule has 3 atom stereocenters. The van der Waals surface area contributed by atoms with Gasteiger partial charge in [-0.2, -0.15) is 0 Å². The first-order valence-electron chi connectivity index (χ1n) is 11.6. The minimum Gasteiger partial charge on any atom is -0.340 e. The molecule has 3 fully saturated rings. The van der Waals surface area contributed by atoms with Crippen molar-refractivity contribution in [2.45, 2.75) is 38.4 Å². The fraction of sp³-hybridized carbons (Fsp3) is 0.462. The molecule has 32 heavy (non-hydrogen) atoms. The number of rotatable bonds is 5. The average Bonchev–Trinajstić information content (AvgIpc) is 3.15. The van der Waals surface area contributed by atoms with Crippen LogP contribution >= 0.6 is 15.9 Å². The molecule has 168 valence electrons. The largest absolute Gasteiger partial charge is 0.340 e. The van der Waals surface area contributed by atoms with Gasteiger partial charge in [-0.15, -0.1) is 0 Å². The molecule has 2 amide bonds. The molecule has 0 spiro atoms. The molecule has 2 aromatic rings. The van der Waals surface area contributed by atoms with Crippen molar-refractivity contribution in [3.05, 3.63) is 70.2 Å². The molecule has 2 aromatic carbocycles. The minimum atomic E-state index is -0.314. The van der Waals surface area contributed by atoms with Crippen LogP contribution in [0.3, 0.4) is 0 Å². The van der Waals surface area contributed by atoms with Gasteiger partial charge in [-0.05, 0) is 47.9 Å². The van der Waals surface area contributed by atoms with Crippen LogP contribution < -0.4 is 0 Å². The van der Waals surface area contributed by atoms with E-state index in [9.17, 15) is 9.59 Å². The summed E-state index contributed by atoms with van der Waals surface area (Å²) in [5, 5.41) is 0. The third-order valence-corrected chi connectivity index (χ3v) is 7.63. The lowest BCUT2D eigenvalue weighted by Crippen LogP contribution is -2.57. The van der Waals surface area contributed by atoms with Gasteiger partial charge in [0.2, 0.25) is 11.8 Å². The van der Waals surface area contributed by atoms with Crippen LogP contribution in [0.4, 0.5) is 0 Å². The fourth-order valence-electron chi connectivity index (χ4n) is 5.72. The first kappa shape index (κ1) is 21.7. The Labute approximate surface area is 198 Å². The van der Waals surface area contributed by atoms with Crippen molar-refractivity contribution in [2.75, 3.05) is 26.2 Å². The van der Waals surface area contributed by atoms with Crippen molar-refractivity contribution in [1.29, 1.82) is 0 Å². The smallest absolute Gasteiger partial charge is 0.245 e. The summed E-state index contributed by atoms with van der Waals surface area (Å²) >= 11 is 3.46. The second-order valence-electron chi connectivity index (χ2n) is 9.59. The number of piperidine rings is 2. The van der Waals surface area contributed by atoms with Crippen molar-refractivity contribution in [3.8, 4) is 0 Å². The monoisotopic (exact) mass is 495 g/mol. The molecule has 3 aliphatic rings. The zero-order valence-corrected chi connectivity index (χ0v) is 19.9. The predicted octanol–water partition coefficient (Wildman–Crippen LogP) is 3.92. The quantitative estimate of drug-likeness (QED) is 0.631. The molecule has 2 bridgehead atoms. The van der Waals surface area contributed by atoms with Gasteiger partial charge in [0.05, 0.1) is 0 Å². The normalized spacial score (nSPS) is 25.9. The number of nitrogens with zero attached hydrogens (tertiary/aromatic N) is 3. The first-order valence-corrected chi connectivity index (χ1v) is 12.4. The molecule has 2 unspecified atom stereocenters. The molecular weight excluding hydrogens is 466 g/mol. The SMILES string of the molecule is O=C([C@@H]1CCC(=O)N1Cc1ccc(Br)cc1)N1CC2CC(CN(Cc3ccccc3)C2)C1. The number of carbonyl (C=O) groups is 2. The number of hydrogen-bond acceptors (Lipinski definition) is 3. The van der Waals surface area contributed by atoms with E-state index >= 15 is 0 Å². The summed E-state index contributed by atoms with van der Waals surface area (Å²) in [4.78, 5) is 32.5. The molecule has 0 aliphatic carbocycles. The van der Waals surface area contributed by atoms with Gasteiger partial charge in [0.25, 0.3) is 0 Å². The van der Waals surface area contributed by atoms with Crippen LogP contribution in [0.2, 0.25) is 0 Å². The number of benzene rings is 2. The topological polar surface area (TPSA) is 43.9 Å². The molecule has 0 aromatic heterocycles. The van der Waals surface area contributed by atoms with Crippen LogP contribution in [0.1, 0.15) is 30.4 Å². The number of amides is 2. The van der Waals surface area contributed by atoms with E-state index in [4.69, 9.17) is 0 Å². The Morgan fingerprint density at radius 2 is 1.53 bits per heavy atom. The number of hydrogen-bond donors (Lipinski definition) is 0. The lowest BCUT2D eigenvalue weighted by molar-refractivity contribution is -0.145. The van der Waals surface area contributed by atoms with Crippen molar-refractivity contribution >= 4 is 27.7 Å². The van der Waals surface area contributed by atoms with Crippen molar-refractivity contribution < 1.29 is 9.59 Å². The van der Waals surface area contributed by atoms with E-state index in [2.05, 4.69) is 56.1 Å². The van der Waals surface area contributed by atoms with Crippen LogP contribution in [0.15, 0.2) is 59.1 Å². The van der Waals surface area contributed by atoms with Crippen LogP contribution in [0.5, 0.6) is 0 Å². The van der Waals surface area contributed by atoms with Gasteiger partial charge < -0.3 is 9.80 Å². The van der Waals surface area contributed by atoms with Gasteiger partial charge in [0, 0.05) is 50.2 Å². The second-order valence-corrected chi connectivity index (χ2v) is 10.5. The van der Waals surface area contributed by atoms with E-state index in [-0.39, 0.29) is 17.9 Å². The number of halogens is 1. The molecule has 0 radical (unpaired) electrons. The summed E-state index contributed by atoms with van der Waals surface area (Å²) in [6.45, 7) is 5.21. The Hall–Kier alpha value is -2.18. The van der Waals surface area contributed by atoms with E-state index in [0.29, 0.717) is 31.2 Å². The van der Waals surface area contributed by atoms with E-state index in [0.717, 1.165) is 42.8 Å². The Kier molecular flexibility index (Phi) is 6.33. The number of fused-ring (bicyclic) bond motifs is 2. The van der Waals surface area contributed by atoms with Crippen molar-refractivity contribution in [2.24, 2.45) is 11.8 Å². The predicted molar refractivity (Wildman–Crippen MR) is 128 cm³/mol. The number of carbonyl (C=O) groups excluding carboxylic acids is 2. The maximum absolute atomic E-state index is 13.5. The summed E-state index contributed by atoms with van der Waals surface area (Å²) in [7, 11) is 0. The summed E-state index contributed by atoms with van der Waals surface area (Å²) in [6.07, 6.45) is 2.32. The first-order chi connectivity index (χ1) is 15.5. The molecule has 3 saturated heterocycles. The third kappa shape index (κ3) is 4.76. The van der Waals surface area contributed by atoms with Gasteiger partial charge in [0.15, 0.2) is 0 Å². The van der Waals surface area contributed by atoms with Crippen molar-refractivity contribution in [1.82, 2.24) is 14.7 Å². The highest BCUT2D eigenvalue weighted by molar-refractivity contribution is 9.10. The summed E-state index contributed by atoms with van der Waals surface area (Å²) in [5.41, 5.74) is 2.42. The van der Waals surface area contributed by atoms with Crippen LogP contribution in [0.25, 0.3) is 0 Å². The van der Waals surface area contributed by atoms with E-state index in [1.54, 1.807) is 4.90 Å². The third-order valence-electron chi connectivity index (χ3n) is 7.10. The molecule has 0 saturated carbocycles. The summed E-state index contributed by atoms with van der Waals surface area (Å²) in [5.74, 6) is 1.29. The van der Waals surface area contributed by atoms with Crippen LogP contribution in [0, 0.1) is 11.8 Å². The lowest BCUT2D eigenvalue weighted by atomic mass is 9.84. The molecule has 0 N–H and O–H groups in total. The van der Waals surface area contributed by atoms with Gasteiger partial charge in [-0.3, -0.25) is 14.5 Å². The van der Waals surface area contributed by atoms with Gasteiger partial charge in [-0.25, -0.2) is 0 Å². The Bertz CT molecular complexity index is 951. The highest BCUT2D eigenvalue weighted by atomic mass is 79.9. The zero-order valence-electron chi connectivity index (χ0n) is 18.3. The number of likely N-dealkylation sites (tertiary alicyclic amines) is 3. The Morgan fingerprint density at radius 1 is 0.875 bits per heavy atom. The minimum absolute atomic E-state index is 0.0949. The highest BCUT2D eigenvalue weighted by Gasteiger charge is 2.42. The Balaban J connectivity index is 1.22. The average molecular weight is 496 g/mol. The van der Waals surface area contributed by atoms with Gasteiger partial charge in [-0.1, -0.05) is 58.4 Å². The van der Waals surface area contributed by atoms with Crippen LogP contribution in [-0.4, -0.2) is 58.7 Å². The lowest BCUT2D eigenvalue weighted by Gasteiger charge is -2.46. The maximum atomic E-state index is 13.5. The van der Waals surface area contributed by atoms with Gasteiger partial charge >= 0.3 is 0 Å². The molecule has 5 rings (SSSR count). The van der Waals surface area contributed by atoms with E-state index < -0.39 is 0 Å². The maximum Gasteiger partial charge on any atom is 0.245 e. The standard InChI is InChI=1S/C26H30BrN3O2/c27-23-8-6-20(7-9-23)18-30-24(10-11-25(30)31)26(32)29-16-21-12-22(17-29)15-28(14-21)13-19-4-2-1-3-5-19/h1-9,21-22,24H,10-18H2/t21?,22?,24-/m0/s1. The van der Waals surface area contributed by atoms with Gasteiger partial charge in [0.1, 0.15) is 6.04 Å². The molecule has 5 nitrogen and oxygen atoms in total. The molecular formula is C26H30BrN3O2. The molecule has 3 heterocycles. The van der Waals surface area contributed by atoms with E-state index in [1.807, 2.05) is 24.3 Å². The Morgan fingerprint density at radius 3 is 2.22 bits per heavy atom. The molecule has 3 aliphatic heterocycles. The van der Waals surface area contributed by atoms with E-state index in [1.165, 1.54) is 12.0 Å². The zero-order chi connectivity index (χ0) is 22.1. The molecule has 6 heteroatoms. The fourth-order valence-corrected chi connectivity index (χ4v) is 5.99. The highest BCUT2D eigenvalue weighted by Crippen LogP contribution is 2.32. The van der Waals surface area contributed by atoms with Crippen molar-refractivity contribution in [3.63, 3.8) is 0 Å². The summed E-state index contributed by atoms with van der Waals surface area (Å²) in [6, 6.07) is 18.3. The van der Waals surface area contributed by atoms with Crippen LogP contribution in [-0.2, 0) is 22.7 Å². The summed E-state index contributed by atoms with van der Waals surface area (Å²) < 4.78 is 1.02.